The van der Waals surface area contributed by atoms with Gasteiger partial charge in [0.1, 0.15) is 17.7 Å². The van der Waals surface area contributed by atoms with Crippen LogP contribution < -0.4 is 15.4 Å². The highest BCUT2D eigenvalue weighted by Crippen LogP contribution is 2.14. The van der Waals surface area contributed by atoms with Crippen molar-refractivity contribution in [2.24, 2.45) is 4.99 Å². The van der Waals surface area contributed by atoms with E-state index in [4.69, 9.17) is 4.74 Å². The van der Waals surface area contributed by atoms with Gasteiger partial charge >= 0.3 is 0 Å². The Hall–Kier alpha value is -1.88. The quantitative estimate of drug-likeness (QED) is 0.205. The van der Waals surface area contributed by atoms with E-state index < -0.39 is 9.84 Å². The van der Waals surface area contributed by atoms with Gasteiger partial charge in [-0.05, 0) is 37.1 Å². The van der Waals surface area contributed by atoms with Crippen LogP contribution in [0.4, 0.5) is 4.39 Å². The summed E-state index contributed by atoms with van der Waals surface area (Å²) in [6.07, 6.45) is 1.03. The van der Waals surface area contributed by atoms with Gasteiger partial charge in [-0.15, -0.1) is 24.0 Å². The molecule has 0 aromatic heterocycles. The summed E-state index contributed by atoms with van der Waals surface area (Å²) in [6.45, 7) is 2.93. The van der Waals surface area contributed by atoms with E-state index >= 15 is 0 Å². The summed E-state index contributed by atoms with van der Waals surface area (Å²) in [6, 6.07) is 14.5. The first-order valence-corrected chi connectivity index (χ1v) is 11.2. The fourth-order valence-electron chi connectivity index (χ4n) is 2.65. The van der Waals surface area contributed by atoms with Crippen LogP contribution in [0.5, 0.6) is 5.75 Å². The molecule has 1 atom stereocenters. The average molecular weight is 549 g/mol. The third-order valence-electron chi connectivity index (χ3n) is 4.26. The molecule has 6 nitrogen and oxygen atoms in total. The molecule has 0 radical (unpaired) electrons. The lowest BCUT2D eigenvalue weighted by Crippen LogP contribution is -2.43. The minimum absolute atomic E-state index is 0. The van der Waals surface area contributed by atoms with E-state index in [1.54, 1.807) is 49.5 Å². The van der Waals surface area contributed by atoms with Gasteiger partial charge in [-0.25, -0.2) is 12.8 Å². The predicted octanol–water partition coefficient (Wildman–Crippen LogP) is 3.63. The Morgan fingerprint density at radius 3 is 2.50 bits per heavy atom. The highest BCUT2D eigenvalue weighted by atomic mass is 127. The standard InChI is InChI=1S/C21H28FN3O3S.HI/c1-3-18(28-19-10-7-9-17(22)15-19)16-25-21(23-2)24-13-8-14-29(26,27)20-11-5-4-6-12-20;/h4-7,9-12,15,18H,3,8,13-14,16H2,1-2H3,(H2,23,24,25);1H. The van der Waals surface area contributed by atoms with Crippen LogP contribution in [0.3, 0.4) is 0 Å². The van der Waals surface area contributed by atoms with Crippen molar-refractivity contribution in [3.63, 3.8) is 0 Å². The molecule has 0 heterocycles. The molecule has 2 N–H and O–H groups in total. The number of benzene rings is 2. The number of ether oxygens (including phenoxy) is 1. The molecule has 2 aromatic rings. The second-order valence-electron chi connectivity index (χ2n) is 6.47. The van der Waals surface area contributed by atoms with E-state index in [0.717, 1.165) is 6.42 Å². The van der Waals surface area contributed by atoms with Gasteiger partial charge in [0.25, 0.3) is 0 Å². The van der Waals surface area contributed by atoms with Crippen molar-refractivity contribution in [3.05, 3.63) is 60.4 Å². The van der Waals surface area contributed by atoms with E-state index in [1.807, 2.05) is 6.92 Å². The molecule has 0 aliphatic rings. The Balaban J connectivity index is 0.00000450. The van der Waals surface area contributed by atoms with E-state index in [1.165, 1.54) is 12.1 Å². The van der Waals surface area contributed by atoms with Crippen molar-refractivity contribution in [1.29, 1.82) is 0 Å². The maximum Gasteiger partial charge on any atom is 0.191 e. The Morgan fingerprint density at radius 2 is 1.87 bits per heavy atom. The van der Waals surface area contributed by atoms with Crippen LogP contribution in [-0.4, -0.2) is 46.4 Å². The smallest absolute Gasteiger partial charge is 0.191 e. The van der Waals surface area contributed by atoms with Gasteiger partial charge < -0.3 is 15.4 Å². The molecule has 2 rings (SSSR count). The Labute approximate surface area is 195 Å². The van der Waals surface area contributed by atoms with Crippen LogP contribution in [0.1, 0.15) is 19.8 Å². The number of rotatable bonds is 10. The summed E-state index contributed by atoms with van der Waals surface area (Å²) in [5.74, 6) is 0.755. The highest BCUT2D eigenvalue weighted by molar-refractivity contribution is 14.0. The van der Waals surface area contributed by atoms with Crippen LogP contribution in [0.15, 0.2) is 64.5 Å². The number of halogens is 2. The fourth-order valence-corrected chi connectivity index (χ4v) is 3.98. The van der Waals surface area contributed by atoms with Gasteiger partial charge in [0.2, 0.25) is 0 Å². The summed E-state index contributed by atoms with van der Waals surface area (Å²) in [5, 5.41) is 6.26. The maximum absolute atomic E-state index is 13.3. The van der Waals surface area contributed by atoms with Crippen molar-refractivity contribution in [3.8, 4) is 5.75 Å². The maximum atomic E-state index is 13.3. The van der Waals surface area contributed by atoms with Crippen LogP contribution in [-0.2, 0) is 9.84 Å². The molecule has 1 unspecified atom stereocenters. The topological polar surface area (TPSA) is 79.8 Å². The van der Waals surface area contributed by atoms with Gasteiger partial charge in [0.15, 0.2) is 15.8 Å². The predicted molar refractivity (Wildman–Crippen MR) is 129 cm³/mol. The molecule has 0 spiro atoms. The van der Waals surface area contributed by atoms with Gasteiger partial charge in [0, 0.05) is 19.7 Å². The van der Waals surface area contributed by atoms with Gasteiger partial charge in [0.05, 0.1) is 17.2 Å². The third kappa shape index (κ3) is 8.86. The normalized spacial score (nSPS) is 12.6. The molecule has 0 bridgehead atoms. The summed E-state index contributed by atoms with van der Waals surface area (Å²) >= 11 is 0. The summed E-state index contributed by atoms with van der Waals surface area (Å²) in [4.78, 5) is 4.47. The minimum atomic E-state index is -3.28. The van der Waals surface area contributed by atoms with E-state index in [-0.39, 0.29) is 41.7 Å². The van der Waals surface area contributed by atoms with Crippen molar-refractivity contribution in [2.75, 3.05) is 25.9 Å². The number of hydrogen-bond donors (Lipinski definition) is 2. The lowest BCUT2D eigenvalue weighted by Gasteiger charge is -2.20. The largest absolute Gasteiger partial charge is 0.489 e. The number of guanidine groups is 1. The molecule has 0 aliphatic heterocycles. The Kier molecular flexibility index (Phi) is 11.7. The Bertz CT molecular complexity index is 895. The zero-order chi connectivity index (χ0) is 21.1. The molecule has 30 heavy (non-hydrogen) atoms. The average Bonchev–Trinajstić information content (AvgIpc) is 2.73. The Morgan fingerprint density at radius 1 is 1.13 bits per heavy atom. The summed E-state index contributed by atoms with van der Waals surface area (Å²) in [7, 11) is -1.64. The van der Waals surface area contributed by atoms with E-state index in [2.05, 4.69) is 15.6 Å². The van der Waals surface area contributed by atoms with Crippen LogP contribution in [0.2, 0.25) is 0 Å². The SMILES string of the molecule is CCC(CNC(=NC)NCCCS(=O)(=O)c1ccccc1)Oc1cccc(F)c1.I. The summed E-state index contributed by atoms with van der Waals surface area (Å²) in [5.41, 5.74) is 0. The van der Waals surface area contributed by atoms with E-state index in [9.17, 15) is 12.8 Å². The van der Waals surface area contributed by atoms with Crippen LogP contribution in [0.25, 0.3) is 0 Å². The second kappa shape index (κ2) is 13.4. The minimum Gasteiger partial charge on any atom is -0.489 e. The van der Waals surface area contributed by atoms with Crippen molar-refractivity contribution >= 4 is 39.8 Å². The first kappa shape index (κ1) is 26.2. The first-order chi connectivity index (χ1) is 13.9. The van der Waals surface area contributed by atoms with Crippen molar-refractivity contribution in [2.45, 2.75) is 30.8 Å². The molecule has 2 aromatic carbocycles. The third-order valence-corrected chi connectivity index (χ3v) is 6.08. The number of hydrogen-bond acceptors (Lipinski definition) is 4. The van der Waals surface area contributed by atoms with Crippen molar-refractivity contribution in [1.82, 2.24) is 10.6 Å². The molecule has 0 amide bonds. The van der Waals surface area contributed by atoms with Gasteiger partial charge in [-0.2, -0.15) is 0 Å². The number of nitrogens with zero attached hydrogens (tertiary/aromatic N) is 1. The van der Waals surface area contributed by atoms with Gasteiger partial charge in [-0.3, -0.25) is 4.99 Å². The molecule has 0 saturated heterocycles. The molecular weight excluding hydrogens is 520 g/mol. The number of nitrogens with one attached hydrogen (secondary N) is 2. The number of aliphatic imine (C=N–C) groups is 1. The summed E-state index contributed by atoms with van der Waals surface area (Å²) < 4.78 is 43.6. The molecular formula is C21H29FIN3O3S. The molecule has 0 saturated carbocycles. The molecule has 9 heteroatoms. The second-order valence-corrected chi connectivity index (χ2v) is 8.58. The number of sulfone groups is 1. The van der Waals surface area contributed by atoms with E-state index in [0.29, 0.717) is 36.1 Å². The zero-order valence-corrected chi connectivity index (χ0v) is 20.3. The molecule has 166 valence electrons. The lowest BCUT2D eigenvalue weighted by molar-refractivity contribution is 0.199. The fraction of sp³-hybridized carbons (Fsp3) is 0.381. The lowest BCUT2D eigenvalue weighted by atomic mass is 10.2. The van der Waals surface area contributed by atoms with Gasteiger partial charge in [-0.1, -0.05) is 31.2 Å². The van der Waals surface area contributed by atoms with Crippen molar-refractivity contribution < 1.29 is 17.5 Å². The van der Waals surface area contributed by atoms with Crippen LogP contribution in [0, 0.1) is 5.82 Å². The monoisotopic (exact) mass is 549 g/mol. The highest BCUT2D eigenvalue weighted by Gasteiger charge is 2.14. The first-order valence-electron chi connectivity index (χ1n) is 9.59. The molecule has 0 aliphatic carbocycles. The van der Waals surface area contributed by atoms with Crippen LogP contribution >= 0.6 is 24.0 Å². The molecule has 0 fully saturated rings. The zero-order valence-electron chi connectivity index (χ0n) is 17.2.